The number of carbonyl (C=O) groups excluding carboxylic acids is 1. The summed E-state index contributed by atoms with van der Waals surface area (Å²) >= 11 is 0. The second kappa shape index (κ2) is 7.09. The van der Waals surface area contributed by atoms with Gasteiger partial charge in [-0.2, -0.15) is 0 Å². The first-order chi connectivity index (χ1) is 18.4. The van der Waals surface area contributed by atoms with Gasteiger partial charge >= 0.3 is 0 Å². The van der Waals surface area contributed by atoms with Crippen molar-refractivity contribution in [2.24, 2.45) is 23.7 Å². The third-order valence-electron chi connectivity index (χ3n) is 10.8. The van der Waals surface area contributed by atoms with Gasteiger partial charge in [-0.25, -0.2) is 4.98 Å². The molecule has 1 saturated heterocycles. The standard InChI is InChI=1S/C32H34N4O2/c1-17-4-3-5-25-22(17)14-27(35(25)15-18-6-7-18)30-33-24-12-20(11-23-29(24)34(30)9-8-32(23,2)38)31(37)36-16-21-10-19-13-26(36)28(19)21/h3-5,11-12,14,18-19,21,26,28,38H,6-10,13,15-16H2,1-2H3/t19?,21?,26?,28-,32?/m1/s1. The number of aromatic nitrogens is 3. The summed E-state index contributed by atoms with van der Waals surface area (Å²) in [5.74, 6) is 4.12. The molecule has 6 heteroatoms. The highest BCUT2D eigenvalue weighted by Crippen LogP contribution is 2.61. The van der Waals surface area contributed by atoms with E-state index >= 15 is 0 Å². The quantitative estimate of drug-likeness (QED) is 0.399. The molecule has 5 aliphatic rings. The van der Waals surface area contributed by atoms with Crippen molar-refractivity contribution in [3.8, 4) is 11.5 Å². The fourth-order valence-electron chi connectivity index (χ4n) is 8.42. The normalized spacial score (nSPS) is 31.0. The fourth-order valence-corrected chi connectivity index (χ4v) is 8.42. The number of aryl methyl sites for hydroxylation is 2. The molecule has 1 N–H and O–H groups in total. The molecule has 2 aromatic heterocycles. The molecule has 0 radical (unpaired) electrons. The number of fused-ring (bicyclic) bond motifs is 1. The summed E-state index contributed by atoms with van der Waals surface area (Å²) in [6.45, 7) is 6.70. The second-order valence-corrected chi connectivity index (χ2v) is 13.2. The van der Waals surface area contributed by atoms with Crippen LogP contribution in [0.4, 0.5) is 0 Å². The highest BCUT2D eigenvalue weighted by Gasteiger charge is 2.61. The van der Waals surface area contributed by atoms with E-state index in [2.05, 4.69) is 45.2 Å². The van der Waals surface area contributed by atoms with Gasteiger partial charge in [0.25, 0.3) is 5.91 Å². The van der Waals surface area contributed by atoms with E-state index < -0.39 is 5.60 Å². The molecule has 5 atom stereocenters. The van der Waals surface area contributed by atoms with E-state index in [0.717, 1.165) is 59.0 Å². The lowest BCUT2D eigenvalue weighted by atomic mass is 9.53. The van der Waals surface area contributed by atoms with Crippen LogP contribution in [0, 0.1) is 30.6 Å². The van der Waals surface area contributed by atoms with E-state index in [-0.39, 0.29) is 5.91 Å². The maximum Gasteiger partial charge on any atom is 0.254 e. The fraction of sp³-hybridized carbons (Fsp3) is 0.500. The number of hydrogen-bond acceptors (Lipinski definition) is 3. The van der Waals surface area contributed by atoms with E-state index in [4.69, 9.17) is 4.98 Å². The average Bonchev–Trinajstić information content (AvgIpc) is 3.52. The van der Waals surface area contributed by atoms with Crippen LogP contribution in [0.15, 0.2) is 36.4 Å². The lowest BCUT2D eigenvalue weighted by Gasteiger charge is -2.52. The zero-order valence-corrected chi connectivity index (χ0v) is 22.2. The third-order valence-corrected chi connectivity index (χ3v) is 10.8. The van der Waals surface area contributed by atoms with E-state index in [9.17, 15) is 9.90 Å². The summed E-state index contributed by atoms with van der Waals surface area (Å²) in [6, 6.07) is 13.3. The van der Waals surface area contributed by atoms with Gasteiger partial charge in [-0.1, -0.05) is 12.1 Å². The Morgan fingerprint density at radius 2 is 2.03 bits per heavy atom. The highest BCUT2D eigenvalue weighted by molar-refractivity contribution is 6.00. The zero-order valence-electron chi connectivity index (χ0n) is 22.2. The Morgan fingerprint density at radius 3 is 2.82 bits per heavy atom. The van der Waals surface area contributed by atoms with Crippen molar-refractivity contribution < 1.29 is 9.90 Å². The summed E-state index contributed by atoms with van der Waals surface area (Å²) in [7, 11) is 0. The van der Waals surface area contributed by atoms with E-state index in [1.165, 1.54) is 42.1 Å². The molecule has 2 aromatic carbocycles. The molecular formula is C32H34N4O2. The van der Waals surface area contributed by atoms with Crippen LogP contribution in [0.25, 0.3) is 33.5 Å². The Balaban J connectivity index is 1.22. The number of carbonyl (C=O) groups is 1. The largest absolute Gasteiger partial charge is 0.385 e. The Labute approximate surface area is 222 Å². The van der Waals surface area contributed by atoms with Crippen LogP contribution >= 0.6 is 0 Å². The highest BCUT2D eigenvalue weighted by atomic mass is 16.3. The monoisotopic (exact) mass is 506 g/mol. The number of likely N-dealkylation sites (tertiary alicyclic amines) is 1. The van der Waals surface area contributed by atoms with Crippen molar-refractivity contribution in [1.82, 2.24) is 19.0 Å². The first-order valence-corrected chi connectivity index (χ1v) is 14.5. The molecule has 4 unspecified atom stereocenters. The van der Waals surface area contributed by atoms with Gasteiger partial charge in [0.1, 0.15) is 0 Å². The molecule has 3 saturated carbocycles. The van der Waals surface area contributed by atoms with Gasteiger partial charge in [-0.15, -0.1) is 0 Å². The van der Waals surface area contributed by atoms with Crippen LogP contribution in [0.1, 0.15) is 60.5 Å². The van der Waals surface area contributed by atoms with Gasteiger partial charge in [-0.3, -0.25) is 4.79 Å². The molecule has 2 aliphatic heterocycles. The van der Waals surface area contributed by atoms with Gasteiger partial charge < -0.3 is 19.1 Å². The lowest BCUT2D eigenvalue weighted by molar-refractivity contribution is -0.0204. The Kier molecular flexibility index (Phi) is 4.06. The topological polar surface area (TPSA) is 63.3 Å². The molecule has 0 bridgehead atoms. The number of amides is 1. The first-order valence-electron chi connectivity index (χ1n) is 14.5. The van der Waals surface area contributed by atoms with Gasteiger partial charge in [0.15, 0.2) is 5.82 Å². The Hall–Kier alpha value is -3.12. The number of rotatable bonds is 4. The van der Waals surface area contributed by atoms with Crippen LogP contribution in [0.3, 0.4) is 0 Å². The second-order valence-electron chi connectivity index (χ2n) is 13.2. The van der Waals surface area contributed by atoms with E-state index in [1.807, 2.05) is 19.1 Å². The van der Waals surface area contributed by atoms with Crippen LogP contribution in [-0.2, 0) is 18.7 Å². The smallest absolute Gasteiger partial charge is 0.254 e. The minimum absolute atomic E-state index is 0.122. The molecule has 6 nitrogen and oxygen atoms in total. The summed E-state index contributed by atoms with van der Waals surface area (Å²) in [5.41, 5.74) is 6.06. The predicted molar refractivity (Wildman–Crippen MR) is 147 cm³/mol. The number of imidazole rings is 1. The average molecular weight is 507 g/mol. The van der Waals surface area contributed by atoms with E-state index in [0.29, 0.717) is 30.5 Å². The van der Waals surface area contributed by atoms with Gasteiger partial charge in [0, 0.05) is 47.7 Å². The van der Waals surface area contributed by atoms with Crippen molar-refractivity contribution in [3.63, 3.8) is 0 Å². The first kappa shape index (κ1) is 21.8. The molecule has 4 fully saturated rings. The van der Waals surface area contributed by atoms with Crippen LogP contribution in [-0.4, -0.2) is 42.6 Å². The van der Waals surface area contributed by atoms with E-state index in [1.54, 1.807) is 0 Å². The van der Waals surface area contributed by atoms with Gasteiger partial charge in [0.2, 0.25) is 0 Å². The SMILES string of the molecule is Cc1cccc2c1cc(-c1nc3cc(C(=O)N4CC5CC6CC4[C@H]65)cc4c3n1CCC4(C)O)n2CC1CC1. The molecule has 0 spiro atoms. The Bertz CT molecular complexity index is 1690. The van der Waals surface area contributed by atoms with Crippen molar-refractivity contribution in [2.75, 3.05) is 6.54 Å². The molecule has 4 aromatic rings. The summed E-state index contributed by atoms with van der Waals surface area (Å²) in [4.78, 5) is 21.2. The van der Waals surface area contributed by atoms with Gasteiger partial charge in [-0.05, 0) is 99.5 Å². The Morgan fingerprint density at radius 1 is 1.16 bits per heavy atom. The van der Waals surface area contributed by atoms with Crippen molar-refractivity contribution in [3.05, 3.63) is 53.1 Å². The molecule has 9 rings (SSSR count). The molecular weight excluding hydrogens is 472 g/mol. The number of nitrogens with zero attached hydrogens (tertiary/aromatic N) is 4. The molecule has 1 amide bonds. The summed E-state index contributed by atoms with van der Waals surface area (Å²) in [6.07, 6.45) is 5.66. The third kappa shape index (κ3) is 2.77. The number of aliphatic hydroxyl groups is 1. The maximum absolute atomic E-state index is 13.8. The van der Waals surface area contributed by atoms with Gasteiger partial charge in [0.05, 0.1) is 22.3 Å². The van der Waals surface area contributed by atoms with Crippen molar-refractivity contribution >= 4 is 27.8 Å². The van der Waals surface area contributed by atoms with Crippen molar-refractivity contribution in [2.45, 2.75) is 70.7 Å². The predicted octanol–water partition coefficient (Wildman–Crippen LogP) is 5.47. The minimum Gasteiger partial charge on any atom is -0.385 e. The maximum atomic E-state index is 13.8. The summed E-state index contributed by atoms with van der Waals surface area (Å²) < 4.78 is 4.77. The molecule has 194 valence electrons. The van der Waals surface area contributed by atoms with Crippen LogP contribution < -0.4 is 0 Å². The zero-order chi connectivity index (χ0) is 25.5. The van der Waals surface area contributed by atoms with Crippen LogP contribution in [0.5, 0.6) is 0 Å². The molecule has 38 heavy (non-hydrogen) atoms. The number of hydrogen-bond donors (Lipinski definition) is 1. The van der Waals surface area contributed by atoms with Crippen LogP contribution in [0.2, 0.25) is 0 Å². The number of benzene rings is 2. The minimum atomic E-state index is -0.981. The lowest BCUT2D eigenvalue weighted by Crippen LogP contribution is -2.53. The molecule has 3 aliphatic carbocycles. The molecule has 4 heterocycles. The summed E-state index contributed by atoms with van der Waals surface area (Å²) in [5, 5.41) is 12.8. The van der Waals surface area contributed by atoms with Crippen molar-refractivity contribution in [1.29, 1.82) is 0 Å².